The fourth-order valence-electron chi connectivity index (χ4n) is 2.34. The number of rotatable bonds is 8. The first kappa shape index (κ1) is 24.6. The molecule has 7 N–H and O–H groups in total. The number of aliphatic hydroxyl groups excluding tert-OH is 1. The van der Waals surface area contributed by atoms with Crippen LogP contribution in [0.3, 0.4) is 0 Å². The molecule has 0 aliphatic carbocycles. The predicted molar refractivity (Wildman–Crippen MR) is 117 cm³/mol. The quantitative estimate of drug-likeness (QED) is 0.369. The molecule has 9 nitrogen and oxygen atoms in total. The summed E-state index contributed by atoms with van der Waals surface area (Å²) < 4.78 is 21.2. The Labute approximate surface area is 176 Å². The van der Waals surface area contributed by atoms with E-state index < -0.39 is 11.9 Å². The minimum Gasteiger partial charge on any atom is -0.495 e. The van der Waals surface area contributed by atoms with Crippen molar-refractivity contribution in [2.45, 2.75) is 6.04 Å². The summed E-state index contributed by atoms with van der Waals surface area (Å²) in [7, 11) is 6.36. The summed E-state index contributed by atoms with van der Waals surface area (Å²) in [4.78, 5) is 9.87. The molecule has 0 bridgehead atoms. The summed E-state index contributed by atoms with van der Waals surface area (Å²) in [6, 6.07) is 8.48. The fraction of sp³-hybridized carbons (Fsp3) is 0.286. The second-order valence-electron chi connectivity index (χ2n) is 5.98. The van der Waals surface area contributed by atoms with Crippen LogP contribution >= 0.6 is 0 Å². The van der Waals surface area contributed by atoms with Crippen molar-refractivity contribution >= 4 is 23.7 Å². The normalized spacial score (nSPS) is 11.3. The number of methoxy groups -OCH3 is 4. The second kappa shape index (κ2) is 12.2. The van der Waals surface area contributed by atoms with Crippen LogP contribution in [0.2, 0.25) is 0 Å². The molecule has 0 radical (unpaired) electrons. The number of benzene rings is 2. The van der Waals surface area contributed by atoms with Crippen LogP contribution in [0.4, 0.5) is 5.69 Å². The largest absolute Gasteiger partial charge is 0.495 e. The summed E-state index contributed by atoms with van der Waals surface area (Å²) in [5.41, 5.74) is 17.9. The molecule has 0 fully saturated rings. The predicted octanol–water partition coefficient (Wildman–Crippen LogP) is 1.26. The Morgan fingerprint density at radius 1 is 0.933 bits per heavy atom. The van der Waals surface area contributed by atoms with Crippen molar-refractivity contribution in [1.82, 2.24) is 0 Å². The topological polar surface area (TPSA) is 152 Å². The highest BCUT2D eigenvalue weighted by molar-refractivity contribution is 5.79. The number of carbonyl (C=O) groups excluding carboxylic acids is 1. The molecule has 1 amide bonds. The SMILES string of the molecule is COc1ccc(/C=C\c2cc(OC)c(OC)c(OC)c2)cc1N.NC(=O)[C@@H](N)CO. The van der Waals surface area contributed by atoms with Crippen molar-refractivity contribution in [3.05, 3.63) is 41.5 Å². The number of hydrogen-bond donors (Lipinski definition) is 4. The average molecular weight is 419 g/mol. The Balaban J connectivity index is 0.000000553. The van der Waals surface area contributed by atoms with Crippen molar-refractivity contribution in [2.75, 3.05) is 40.8 Å². The molecule has 0 aromatic heterocycles. The molecule has 0 heterocycles. The van der Waals surface area contributed by atoms with Crippen LogP contribution in [0.15, 0.2) is 30.3 Å². The first-order chi connectivity index (χ1) is 14.3. The van der Waals surface area contributed by atoms with E-state index in [0.29, 0.717) is 28.7 Å². The number of anilines is 1. The van der Waals surface area contributed by atoms with Crippen LogP contribution in [0, 0.1) is 0 Å². The highest BCUT2D eigenvalue weighted by Gasteiger charge is 2.12. The van der Waals surface area contributed by atoms with E-state index in [2.05, 4.69) is 5.73 Å². The standard InChI is InChI=1S/C18H21NO4.C3H8N2O2/c1-20-15-8-7-12(9-14(15)19)5-6-13-10-16(21-2)18(23-4)17(11-13)22-3;4-2(1-6)3(5)7/h5-11H,19H2,1-4H3;2,6H,1,4H2,(H2,5,7)/b6-5-;/t;2-/m.0/s1. The van der Waals surface area contributed by atoms with Gasteiger partial charge in [-0.3, -0.25) is 4.79 Å². The van der Waals surface area contributed by atoms with Gasteiger partial charge < -0.3 is 41.3 Å². The third kappa shape index (κ3) is 6.87. The molecule has 9 heteroatoms. The summed E-state index contributed by atoms with van der Waals surface area (Å²) in [5.74, 6) is 1.78. The highest BCUT2D eigenvalue weighted by atomic mass is 16.5. The van der Waals surface area contributed by atoms with Gasteiger partial charge in [0.1, 0.15) is 11.8 Å². The highest BCUT2D eigenvalue weighted by Crippen LogP contribution is 2.38. The zero-order chi connectivity index (χ0) is 22.7. The Hall–Kier alpha value is -3.43. The molecule has 0 aliphatic heterocycles. The number of nitrogen functional groups attached to an aromatic ring is 1. The van der Waals surface area contributed by atoms with Gasteiger partial charge in [0.05, 0.1) is 40.7 Å². The second-order valence-corrected chi connectivity index (χ2v) is 5.98. The summed E-state index contributed by atoms with van der Waals surface area (Å²) in [6.07, 6.45) is 3.90. The number of hydrogen-bond acceptors (Lipinski definition) is 8. The Morgan fingerprint density at radius 2 is 1.47 bits per heavy atom. The summed E-state index contributed by atoms with van der Waals surface area (Å²) >= 11 is 0. The van der Waals surface area contributed by atoms with Crippen LogP contribution in [-0.2, 0) is 4.79 Å². The lowest BCUT2D eigenvalue weighted by molar-refractivity contribution is -0.120. The minimum atomic E-state index is -0.903. The first-order valence-corrected chi connectivity index (χ1v) is 8.88. The van der Waals surface area contributed by atoms with Crippen LogP contribution in [0.25, 0.3) is 12.2 Å². The smallest absolute Gasteiger partial charge is 0.236 e. The third-order valence-electron chi connectivity index (χ3n) is 3.97. The van der Waals surface area contributed by atoms with Gasteiger partial charge in [-0.25, -0.2) is 0 Å². The maximum Gasteiger partial charge on any atom is 0.236 e. The van der Waals surface area contributed by atoms with Gasteiger partial charge in [0, 0.05) is 0 Å². The zero-order valence-electron chi connectivity index (χ0n) is 17.5. The lowest BCUT2D eigenvalue weighted by atomic mass is 10.1. The summed E-state index contributed by atoms with van der Waals surface area (Å²) in [6.45, 7) is -0.380. The Bertz CT molecular complexity index is 845. The van der Waals surface area contributed by atoms with E-state index in [4.69, 9.17) is 35.5 Å². The van der Waals surface area contributed by atoms with Gasteiger partial charge in [-0.2, -0.15) is 0 Å². The van der Waals surface area contributed by atoms with Gasteiger partial charge in [-0.1, -0.05) is 18.2 Å². The molecular weight excluding hydrogens is 390 g/mol. The molecule has 0 saturated heterocycles. The Morgan fingerprint density at radius 3 is 1.83 bits per heavy atom. The number of primary amides is 1. The molecular formula is C21H29N3O6. The molecule has 0 unspecified atom stereocenters. The van der Waals surface area contributed by atoms with Gasteiger partial charge in [-0.15, -0.1) is 0 Å². The van der Waals surface area contributed by atoms with Crippen LogP contribution in [0.5, 0.6) is 23.0 Å². The molecule has 2 aromatic rings. The van der Waals surface area contributed by atoms with E-state index in [-0.39, 0.29) is 6.61 Å². The van der Waals surface area contributed by atoms with Crippen molar-refractivity contribution in [3.63, 3.8) is 0 Å². The van der Waals surface area contributed by atoms with Crippen molar-refractivity contribution < 1.29 is 28.8 Å². The van der Waals surface area contributed by atoms with E-state index in [1.165, 1.54) is 0 Å². The van der Waals surface area contributed by atoms with Gasteiger partial charge in [0.25, 0.3) is 0 Å². The molecule has 164 valence electrons. The third-order valence-corrected chi connectivity index (χ3v) is 3.97. The number of nitrogens with two attached hydrogens (primary N) is 3. The van der Waals surface area contributed by atoms with Crippen molar-refractivity contribution in [3.8, 4) is 23.0 Å². The number of amides is 1. The van der Waals surface area contributed by atoms with Gasteiger partial charge in [0.2, 0.25) is 11.7 Å². The lowest BCUT2D eigenvalue weighted by Gasteiger charge is -2.12. The van der Waals surface area contributed by atoms with Crippen LogP contribution < -0.4 is 36.1 Å². The molecule has 30 heavy (non-hydrogen) atoms. The molecule has 2 aromatic carbocycles. The molecule has 0 saturated carbocycles. The number of aliphatic hydroxyl groups is 1. The van der Waals surface area contributed by atoms with E-state index >= 15 is 0 Å². The lowest BCUT2D eigenvalue weighted by Crippen LogP contribution is -2.39. The van der Waals surface area contributed by atoms with E-state index in [1.54, 1.807) is 28.4 Å². The number of ether oxygens (including phenoxy) is 4. The maximum absolute atomic E-state index is 9.87. The van der Waals surface area contributed by atoms with Crippen molar-refractivity contribution in [2.24, 2.45) is 11.5 Å². The van der Waals surface area contributed by atoms with Gasteiger partial charge in [-0.05, 0) is 35.4 Å². The van der Waals surface area contributed by atoms with Crippen molar-refractivity contribution in [1.29, 1.82) is 0 Å². The first-order valence-electron chi connectivity index (χ1n) is 8.88. The van der Waals surface area contributed by atoms with Crippen LogP contribution in [0.1, 0.15) is 11.1 Å². The fourth-order valence-corrected chi connectivity index (χ4v) is 2.34. The molecule has 0 aliphatic rings. The van der Waals surface area contributed by atoms with Gasteiger partial charge >= 0.3 is 0 Å². The average Bonchev–Trinajstić information content (AvgIpc) is 2.76. The monoisotopic (exact) mass is 419 g/mol. The van der Waals surface area contributed by atoms with Crippen LogP contribution in [-0.4, -0.2) is 52.1 Å². The molecule has 1 atom stereocenters. The van der Waals surface area contributed by atoms with E-state index in [1.807, 2.05) is 42.5 Å². The number of carbonyl (C=O) groups is 1. The zero-order valence-corrected chi connectivity index (χ0v) is 17.5. The molecule has 0 spiro atoms. The minimum absolute atomic E-state index is 0.380. The van der Waals surface area contributed by atoms with Gasteiger partial charge in [0.15, 0.2) is 11.5 Å². The van der Waals surface area contributed by atoms with E-state index in [0.717, 1.165) is 11.1 Å². The summed E-state index contributed by atoms with van der Waals surface area (Å²) in [5, 5.41) is 8.08. The Kier molecular flexibility index (Phi) is 10.0. The molecule has 2 rings (SSSR count). The maximum atomic E-state index is 9.87. The van der Waals surface area contributed by atoms with E-state index in [9.17, 15) is 4.79 Å².